The number of nitrogen functional groups attached to an aromatic ring is 1. The van der Waals surface area contributed by atoms with Crippen molar-refractivity contribution >= 4 is 15.7 Å². The Balaban J connectivity index is 2.12. The van der Waals surface area contributed by atoms with Crippen LogP contribution in [0.2, 0.25) is 0 Å². The van der Waals surface area contributed by atoms with E-state index in [2.05, 4.69) is 14.7 Å². The van der Waals surface area contributed by atoms with Gasteiger partial charge in [0, 0.05) is 24.9 Å². The fourth-order valence-electron chi connectivity index (χ4n) is 1.58. The first-order valence-electron chi connectivity index (χ1n) is 5.62. The van der Waals surface area contributed by atoms with E-state index in [1.165, 1.54) is 6.33 Å². The zero-order chi connectivity index (χ0) is 14.8. The normalized spacial score (nSPS) is 11.7. The average molecular weight is 302 g/mol. The Kier molecular flexibility index (Phi) is 4.00. The van der Waals surface area contributed by atoms with Crippen molar-refractivity contribution in [1.82, 2.24) is 14.7 Å². The molecule has 4 N–H and O–H groups in total. The summed E-state index contributed by atoms with van der Waals surface area (Å²) >= 11 is 0. The minimum atomic E-state index is -4.09. The number of benzene rings is 1. The number of nitrogens with two attached hydrogens (primary N) is 1. The van der Waals surface area contributed by atoms with Crippen molar-refractivity contribution < 1.29 is 17.2 Å². The van der Waals surface area contributed by atoms with Crippen molar-refractivity contribution in [3.63, 3.8) is 0 Å². The van der Waals surface area contributed by atoms with Crippen LogP contribution in [0.3, 0.4) is 0 Å². The lowest BCUT2D eigenvalue weighted by Gasteiger charge is -2.08. The van der Waals surface area contributed by atoms with Crippen LogP contribution in [0.15, 0.2) is 29.6 Å². The molecular formula is C11H12F2N4O2S. The highest BCUT2D eigenvalue weighted by atomic mass is 32.2. The molecule has 0 radical (unpaired) electrons. The molecule has 0 unspecified atom stereocenters. The van der Waals surface area contributed by atoms with Crippen LogP contribution in [0.25, 0.3) is 0 Å². The predicted molar refractivity (Wildman–Crippen MR) is 68.3 cm³/mol. The van der Waals surface area contributed by atoms with Crippen LogP contribution in [0.5, 0.6) is 0 Å². The number of halogens is 2. The van der Waals surface area contributed by atoms with E-state index >= 15 is 0 Å². The molecule has 0 saturated heterocycles. The maximum atomic E-state index is 13.7. The summed E-state index contributed by atoms with van der Waals surface area (Å²) in [7, 11) is -4.09. The molecule has 0 aliphatic rings. The number of hydrogen-bond donors (Lipinski definition) is 3. The van der Waals surface area contributed by atoms with E-state index in [1.807, 2.05) is 0 Å². The number of nitrogens with zero attached hydrogens (tertiary/aromatic N) is 1. The molecule has 0 fully saturated rings. The van der Waals surface area contributed by atoms with E-state index < -0.39 is 32.2 Å². The van der Waals surface area contributed by atoms with Gasteiger partial charge < -0.3 is 10.7 Å². The van der Waals surface area contributed by atoms with Gasteiger partial charge in [0.1, 0.15) is 16.4 Å². The molecule has 0 amide bonds. The largest absolute Gasteiger partial charge is 0.394 e. The summed E-state index contributed by atoms with van der Waals surface area (Å²) in [5.41, 5.74) is 5.04. The van der Waals surface area contributed by atoms with Crippen LogP contribution in [-0.2, 0) is 16.4 Å². The molecule has 2 rings (SSSR count). The standard InChI is InChI=1S/C11H12F2N4O2S/c12-8-1-2-9(10(13)11(8)14)20(18,19)17-4-3-7-5-15-6-16-7/h1-2,5-6,17H,3-4,14H2,(H,15,16). The van der Waals surface area contributed by atoms with E-state index in [0.29, 0.717) is 6.42 Å². The molecule has 9 heteroatoms. The minimum absolute atomic E-state index is 0.0429. The highest BCUT2D eigenvalue weighted by Gasteiger charge is 2.22. The fraction of sp³-hybridized carbons (Fsp3) is 0.182. The highest BCUT2D eigenvalue weighted by Crippen LogP contribution is 2.22. The van der Waals surface area contributed by atoms with E-state index in [4.69, 9.17) is 5.73 Å². The van der Waals surface area contributed by atoms with Crippen LogP contribution >= 0.6 is 0 Å². The number of aromatic amines is 1. The van der Waals surface area contributed by atoms with Crippen LogP contribution in [-0.4, -0.2) is 24.9 Å². The second-order valence-corrected chi connectivity index (χ2v) is 5.73. The van der Waals surface area contributed by atoms with Gasteiger partial charge in [-0.15, -0.1) is 0 Å². The smallest absolute Gasteiger partial charge is 0.243 e. The number of sulfonamides is 1. The molecule has 0 spiro atoms. The lowest BCUT2D eigenvalue weighted by molar-refractivity contribution is 0.548. The number of hydrogen-bond acceptors (Lipinski definition) is 4. The zero-order valence-corrected chi connectivity index (χ0v) is 11.0. The Bertz CT molecular complexity index is 701. The molecule has 0 bridgehead atoms. The van der Waals surface area contributed by atoms with Crippen LogP contribution in [0, 0.1) is 11.6 Å². The number of anilines is 1. The van der Waals surface area contributed by atoms with Gasteiger partial charge in [0.15, 0.2) is 5.82 Å². The first-order valence-corrected chi connectivity index (χ1v) is 7.10. The van der Waals surface area contributed by atoms with E-state index in [-0.39, 0.29) is 6.54 Å². The molecule has 20 heavy (non-hydrogen) atoms. The number of nitrogens with one attached hydrogen (secondary N) is 2. The summed E-state index contributed by atoms with van der Waals surface area (Å²) in [6, 6.07) is 1.64. The molecule has 108 valence electrons. The van der Waals surface area contributed by atoms with Gasteiger partial charge in [0.05, 0.1) is 6.33 Å². The molecule has 1 aromatic carbocycles. The quantitative estimate of drug-likeness (QED) is 0.711. The summed E-state index contributed by atoms with van der Waals surface area (Å²) in [5.74, 6) is -2.29. The molecular weight excluding hydrogens is 290 g/mol. The van der Waals surface area contributed by atoms with Gasteiger partial charge in [-0.1, -0.05) is 0 Å². The molecule has 0 atom stereocenters. The molecule has 0 saturated carbocycles. The van der Waals surface area contributed by atoms with Gasteiger partial charge in [-0.25, -0.2) is 26.9 Å². The Morgan fingerprint density at radius 3 is 2.75 bits per heavy atom. The van der Waals surface area contributed by atoms with Crippen molar-refractivity contribution in [3.05, 3.63) is 42.0 Å². The number of H-pyrrole nitrogens is 1. The van der Waals surface area contributed by atoms with E-state index in [1.54, 1.807) is 6.20 Å². The summed E-state index contributed by atoms with van der Waals surface area (Å²) in [6.45, 7) is 0.0429. The second kappa shape index (κ2) is 5.55. The summed E-state index contributed by atoms with van der Waals surface area (Å²) in [6.07, 6.45) is 3.37. The van der Waals surface area contributed by atoms with Crippen molar-refractivity contribution in [2.75, 3.05) is 12.3 Å². The minimum Gasteiger partial charge on any atom is -0.394 e. The Morgan fingerprint density at radius 1 is 1.35 bits per heavy atom. The lowest BCUT2D eigenvalue weighted by atomic mass is 10.3. The van der Waals surface area contributed by atoms with E-state index in [0.717, 1.165) is 17.8 Å². The van der Waals surface area contributed by atoms with Crippen LogP contribution in [0.4, 0.5) is 14.5 Å². The maximum Gasteiger partial charge on any atom is 0.243 e. The first kappa shape index (κ1) is 14.4. The van der Waals surface area contributed by atoms with Crippen molar-refractivity contribution in [3.8, 4) is 0 Å². The highest BCUT2D eigenvalue weighted by molar-refractivity contribution is 7.89. The van der Waals surface area contributed by atoms with Crippen molar-refractivity contribution in [1.29, 1.82) is 0 Å². The predicted octanol–water partition coefficient (Wildman–Crippen LogP) is 0.791. The monoisotopic (exact) mass is 302 g/mol. The van der Waals surface area contributed by atoms with Gasteiger partial charge in [0.25, 0.3) is 0 Å². The fourth-order valence-corrected chi connectivity index (χ4v) is 2.70. The van der Waals surface area contributed by atoms with Crippen molar-refractivity contribution in [2.45, 2.75) is 11.3 Å². The average Bonchev–Trinajstić information content (AvgIpc) is 2.88. The third-order valence-corrected chi connectivity index (χ3v) is 4.10. The van der Waals surface area contributed by atoms with Crippen LogP contribution in [0.1, 0.15) is 5.69 Å². The van der Waals surface area contributed by atoms with Gasteiger partial charge in [-0.2, -0.15) is 0 Å². The molecule has 6 nitrogen and oxygen atoms in total. The van der Waals surface area contributed by atoms with Gasteiger partial charge in [0.2, 0.25) is 10.0 Å². The number of aromatic nitrogens is 2. The Morgan fingerprint density at radius 2 is 2.10 bits per heavy atom. The topological polar surface area (TPSA) is 101 Å². The van der Waals surface area contributed by atoms with Gasteiger partial charge in [-0.3, -0.25) is 0 Å². The second-order valence-electron chi connectivity index (χ2n) is 4.00. The number of rotatable bonds is 5. The first-order chi connectivity index (χ1) is 9.42. The van der Waals surface area contributed by atoms with Gasteiger partial charge >= 0.3 is 0 Å². The SMILES string of the molecule is Nc1c(F)ccc(S(=O)(=O)NCCc2cnc[nH]2)c1F. The zero-order valence-electron chi connectivity index (χ0n) is 10.2. The summed E-state index contributed by atoms with van der Waals surface area (Å²) in [5, 5.41) is 0. The molecule has 2 aromatic rings. The third-order valence-electron chi connectivity index (χ3n) is 2.62. The molecule has 0 aliphatic heterocycles. The molecule has 1 aromatic heterocycles. The van der Waals surface area contributed by atoms with Crippen molar-refractivity contribution in [2.24, 2.45) is 0 Å². The third kappa shape index (κ3) is 2.94. The summed E-state index contributed by atoms with van der Waals surface area (Å²) < 4.78 is 52.6. The lowest BCUT2D eigenvalue weighted by Crippen LogP contribution is -2.27. The van der Waals surface area contributed by atoms with E-state index in [9.17, 15) is 17.2 Å². The number of imidazole rings is 1. The van der Waals surface area contributed by atoms with Crippen LogP contribution < -0.4 is 10.5 Å². The summed E-state index contributed by atoms with van der Waals surface area (Å²) in [4.78, 5) is 5.90. The molecule has 0 aliphatic carbocycles. The molecule has 1 heterocycles. The van der Waals surface area contributed by atoms with Gasteiger partial charge in [-0.05, 0) is 12.1 Å². The Hall–Kier alpha value is -2.00. The maximum absolute atomic E-state index is 13.7. The Labute approximate surface area is 114 Å².